The van der Waals surface area contributed by atoms with E-state index < -0.39 is 22.5 Å². The van der Waals surface area contributed by atoms with Crippen molar-refractivity contribution in [3.8, 4) is 0 Å². The fourth-order valence-corrected chi connectivity index (χ4v) is 10.4. The molecule has 2 fully saturated rings. The number of carbonyl (C=O) groups is 2. The third-order valence-corrected chi connectivity index (χ3v) is 12.4. The summed E-state index contributed by atoms with van der Waals surface area (Å²) in [5, 5.41) is 8.82. The van der Waals surface area contributed by atoms with E-state index in [4.69, 9.17) is 33.2 Å². The van der Waals surface area contributed by atoms with Gasteiger partial charge in [-0.15, -0.1) is 0 Å². The molecule has 260 valence electrons. The van der Waals surface area contributed by atoms with Crippen LogP contribution in [0.1, 0.15) is 39.7 Å². The maximum Gasteiger partial charge on any atom is 0.250 e. The lowest BCUT2D eigenvalue weighted by molar-refractivity contribution is -0.180. The molecule has 0 bridgehead atoms. The van der Waals surface area contributed by atoms with E-state index in [0.717, 1.165) is 22.3 Å². The highest BCUT2D eigenvalue weighted by Crippen LogP contribution is 2.66. The van der Waals surface area contributed by atoms with Gasteiger partial charge in [-0.05, 0) is 41.9 Å². The number of nitrogens with one attached hydrogen (secondary N) is 1. The predicted octanol–water partition coefficient (Wildman–Crippen LogP) is 7.90. The Morgan fingerprint density at radius 2 is 1.38 bits per heavy atom. The second-order valence-electron chi connectivity index (χ2n) is 14.4. The number of amides is 1. The first-order valence-corrected chi connectivity index (χ1v) is 18.3. The second-order valence-corrected chi connectivity index (χ2v) is 15.2. The van der Waals surface area contributed by atoms with Crippen LogP contribution in [0.4, 0.5) is 5.69 Å². The van der Waals surface area contributed by atoms with Gasteiger partial charge in [-0.1, -0.05) is 144 Å². The van der Waals surface area contributed by atoms with Crippen LogP contribution in [0.3, 0.4) is 0 Å². The van der Waals surface area contributed by atoms with Crippen molar-refractivity contribution in [3.05, 3.63) is 171 Å². The number of nitrogens with zero attached hydrogens (tertiary/aromatic N) is 3. The van der Waals surface area contributed by atoms with Crippen LogP contribution in [0.25, 0.3) is 0 Å². The molecule has 9 rings (SSSR count). The van der Waals surface area contributed by atoms with Crippen LogP contribution in [-0.2, 0) is 26.5 Å². The van der Waals surface area contributed by atoms with Crippen molar-refractivity contribution >= 4 is 46.3 Å². The van der Waals surface area contributed by atoms with Gasteiger partial charge in [0.2, 0.25) is 5.60 Å². The molecule has 0 aliphatic carbocycles. The van der Waals surface area contributed by atoms with Gasteiger partial charge in [-0.2, -0.15) is 0 Å². The lowest BCUT2D eigenvalue weighted by atomic mass is 9.52. The van der Waals surface area contributed by atoms with Gasteiger partial charge in [0.15, 0.2) is 5.78 Å². The molecule has 4 aliphatic rings. The Morgan fingerprint density at radius 3 is 2.08 bits per heavy atom. The number of likely N-dealkylation sites (tertiary alicyclic amines) is 2. The summed E-state index contributed by atoms with van der Waals surface area (Å²) in [6.45, 7) is 1.52. The number of hydrogen-bond donors (Lipinski definition) is 1. The number of likely N-dealkylation sites (N-methyl/N-ethyl adjacent to an activating group) is 1. The SMILES string of the molecule is CN1C[C@H](c2ccccc2)[C@]2(CN(Cc3ccccc3)C[C@@]3(ON=C(c4c(Cl)cccc4Cl)[C@@H]3c3ccccc3)C2=O)[C@]12C(=O)Nc1ccccc12. The lowest BCUT2D eigenvalue weighted by Crippen LogP contribution is -2.73. The number of Topliss-reactive ketones (excluding diaryl/α,β-unsaturated/α-hetero) is 1. The standard InChI is InChI=1S/C43H36Cl2N4O3/c1-48-25-32(29-16-7-3-8-17-29)41(43(48)31-20-11-12-23-35(31)46-40(43)51)26-49(24-28-14-5-2-6-15-28)27-42(39(41)50)37(30-18-9-4-10-19-30)38(47-52-42)36-33(44)21-13-22-34(36)45/h2-23,32,37H,24-27H2,1H3,(H,46,51)/t32-,37+,41+,42+,43+/m1/s1. The highest BCUT2D eigenvalue weighted by molar-refractivity contribution is 6.41. The number of ketones is 1. The zero-order valence-corrected chi connectivity index (χ0v) is 30.0. The minimum Gasteiger partial charge on any atom is -0.378 e. The Hall–Kier alpha value is -4.79. The zero-order valence-electron chi connectivity index (χ0n) is 28.5. The Balaban J connectivity index is 1.34. The van der Waals surface area contributed by atoms with Crippen LogP contribution < -0.4 is 5.32 Å². The number of benzene rings is 5. The van der Waals surface area contributed by atoms with Crippen LogP contribution in [0, 0.1) is 5.41 Å². The second kappa shape index (κ2) is 12.4. The average molecular weight is 728 g/mol. The summed E-state index contributed by atoms with van der Waals surface area (Å²) in [6.07, 6.45) is 0. The summed E-state index contributed by atoms with van der Waals surface area (Å²) in [4.78, 5) is 42.8. The van der Waals surface area contributed by atoms with Crippen molar-refractivity contribution in [2.75, 3.05) is 32.0 Å². The number of fused-ring (bicyclic) bond motifs is 3. The number of rotatable bonds is 5. The fraction of sp³-hybridized carbons (Fsp3) is 0.233. The Labute approximate surface area is 312 Å². The van der Waals surface area contributed by atoms with Gasteiger partial charge >= 0.3 is 0 Å². The van der Waals surface area contributed by atoms with Gasteiger partial charge in [0, 0.05) is 48.9 Å². The Morgan fingerprint density at radius 1 is 0.769 bits per heavy atom. The smallest absolute Gasteiger partial charge is 0.250 e. The molecule has 0 radical (unpaired) electrons. The number of hydrogen-bond acceptors (Lipinski definition) is 6. The van der Waals surface area contributed by atoms with Gasteiger partial charge in [0.1, 0.15) is 11.3 Å². The molecule has 1 amide bonds. The molecular formula is C43H36Cl2N4O3. The van der Waals surface area contributed by atoms with E-state index in [1.54, 1.807) is 18.2 Å². The van der Waals surface area contributed by atoms with Gasteiger partial charge in [-0.3, -0.25) is 19.4 Å². The summed E-state index contributed by atoms with van der Waals surface area (Å²) >= 11 is 13.8. The maximum atomic E-state index is 16.7. The largest absolute Gasteiger partial charge is 0.378 e. The van der Waals surface area contributed by atoms with Gasteiger partial charge in [0.05, 0.1) is 21.4 Å². The number of para-hydroxylation sites is 1. The number of piperidine rings is 1. The molecule has 52 heavy (non-hydrogen) atoms. The molecule has 9 heteroatoms. The Bertz CT molecular complexity index is 2220. The van der Waals surface area contributed by atoms with Crippen molar-refractivity contribution in [1.82, 2.24) is 9.80 Å². The highest BCUT2D eigenvalue weighted by atomic mass is 35.5. The molecule has 4 aliphatic heterocycles. The maximum absolute atomic E-state index is 16.7. The Kier molecular flexibility index (Phi) is 7.90. The zero-order chi connectivity index (χ0) is 35.7. The number of halogens is 2. The van der Waals surface area contributed by atoms with Gasteiger partial charge < -0.3 is 10.2 Å². The van der Waals surface area contributed by atoms with E-state index in [-0.39, 0.29) is 24.2 Å². The highest BCUT2D eigenvalue weighted by Gasteiger charge is 2.79. The summed E-state index contributed by atoms with van der Waals surface area (Å²) in [5.74, 6) is -1.46. The first-order valence-electron chi connectivity index (χ1n) is 17.5. The van der Waals surface area contributed by atoms with Gasteiger partial charge in [-0.25, -0.2) is 0 Å². The van der Waals surface area contributed by atoms with Crippen molar-refractivity contribution in [1.29, 1.82) is 0 Å². The minimum atomic E-state index is -1.56. The molecule has 2 saturated heterocycles. The molecular weight excluding hydrogens is 691 g/mol. The summed E-state index contributed by atoms with van der Waals surface area (Å²) in [7, 11) is 1.97. The lowest BCUT2D eigenvalue weighted by Gasteiger charge is -2.55. The van der Waals surface area contributed by atoms with E-state index in [1.807, 2.05) is 98.0 Å². The van der Waals surface area contributed by atoms with Crippen LogP contribution in [0.15, 0.2) is 139 Å². The number of anilines is 1. The normalized spacial score (nSPS) is 28.3. The molecule has 4 heterocycles. The van der Waals surface area contributed by atoms with E-state index in [9.17, 15) is 0 Å². The molecule has 3 spiro atoms. The van der Waals surface area contributed by atoms with E-state index in [0.29, 0.717) is 46.6 Å². The first-order chi connectivity index (χ1) is 25.3. The van der Waals surface area contributed by atoms with Crippen LogP contribution >= 0.6 is 23.2 Å². The first kappa shape index (κ1) is 33.1. The molecule has 1 N–H and O–H groups in total. The van der Waals surface area contributed by atoms with Crippen LogP contribution in [0.2, 0.25) is 10.0 Å². The van der Waals surface area contributed by atoms with Crippen molar-refractivity contribution in [3.63, 3.8) is 0 Å². The molecule has 5 atom stereocenters. The summed E-state index contributed by atoms with van der Waals surface area (Å²) < 4.78 is 0. The molecule has 0 aromatic heterocycles. The van der Waals surface area contributed by atoms with Crippen molar-refractivity contribution in [2.24, 2.45) is 10.6 Å². The predicted molar refractivity (Wildman–Crippen MR) is 204 cm³/mol. The van der Waals surface area contributed by atoms with Crippen LogP contribution in [-0.4, -0.2) is 59.5 Å². The van der Waals surface area contributed by atoms with E-state index >= 15 is 9.59 Å². The number of oxime groups is 1. The van der Waals surface area contributed by atoms with E-state index in [2.05, 4.69) is 39.4 Å². The molecule has 0 unspecified atom stereocenters. The topological polar surface area (TPSA) is 74.2 Å². The van der Waals surface area contributed by atoms with E-state index in [1.165, 1.54) is 0 Å². The average Bonchev–Trinajstić information content (AvgIpc) is 3.77. The number of carbonyl (C=O) groups excluding carboxylic acids is 2. The summed E-state index contributed by atoms with van der Waals surface area (Å²) in [5.41, 5.74) is 1.16. The minimum absolute atomic E-state index is 0.162. The molecule has 5 aromatic carbocycles. The molecule has 7 nitrogen and oxygen atoms in total. The summed E-state index contributed by atoms with van der Waals surface area (Å²) in [6, 6.07) is 43.3. The monoisotopic (exact) mass is 726 g/mol. The van der Waals surface area contributed by atoms with Crippen molar-refractivity contribution in [2.45, 2.75) is 29.5 Å². The van der Waals surface area contributed by atoms with Gasteiger partial charge in [0.25, 0.3) is 5.91 Å². The third-order valence-electron chi connectivity index (χ3n) is 11.7. The molecule has 0 saturated carbocycles. The quantitative estimate of drug-likeness (QED) is 0.199. The molecule has 5 aromatic rings. The van der Waals surface area contributed by atoms with Crippen LogP contribution in [0.5, 0.6) is 0 Å². The third kappa shape index (κ3) is 4.56. The van der Waals surface area contributed by atoms with Crippen molar-refractivity contribution < 1.29 is 14.4 Å². The fourth-order valence-electron chi connectivity index (χ4n) is 9.82.